The third-order valence-electron chi connectivity index (χ3n) is 11.3. The van der Waals surface area contributed by atoms with Crippen LogP contribution in [0.15, 0.2) is 192 Å². The fourth-order valence-electron chi connectivity index (χ4n) is 8.43. The van der Waals surface area contributed by atoms with Gasteiger partial charge in [-0.15, -0.1) is 11.3 Å². The molecule has 12 aromatic rings. The van der Waals surface area contributed by atoms with E-state index in [-0.39, 0.29) is 0 Å². The van der Waals surface area contributed by atoms with Crippen molar-refractivity contribution in [2.24, 2.45) is 0 Å². The van der Waals surface area contributed by atoms with Gasteiger partial charge in [-0.05, 0) is 86.3 Å². The first-order valence-electron chi connectivity index (χ1n) is 19.4. The molecule has 0 saturated carbocycles. The Hall–Kier alpha value is -7.47. The van der Waals surface area contributed by atoms with Crippen LogP contribution in [-0.2, 0) is 0 Å². The number of nitrogens with zero attached hydrogens (tertiary/aromatic N) is 3. The number of fused-ring (bicyclic) bond motifs is 8. The van der Waals surface area contributed by atoms with Crippen LogP contribution in [0.3, 0.4) is 0 Å². The third-order valence-corrected chi connectivity index (χ3v) is 12.5. The maximum atomic E-state index is 6.65. The molecule has 0 aliphatic rings. The van der Waals surface area contributed by atoms with Crippen LogP contribution in [0.2, 0.25) is 0 Å². The van der Waals surface area contributed by atoms with Gasteiger partial charge in [-0.3, -0.25) is 0 Å². The first kappa shape index (κ1) is 32.7. The number of thiophene rings is 1. The lowest BCUT2D eigenvalue weighted by molar-refractivity contribution is 0.669. The Bertz CT molecular complexity index is 3590. The largest absolute Gasteiger partial charge is 0.456 e. The first-order valence-corrected chi connectivity index (χ1v) is 20.2. The van der Waals surface area contributed by atoms with Gasteiger partial charge in [-0.2, -0.15) is 0 Å². The molecule has 0 fully saturated rings. The van der Waals surface area contributed by atoms with Gasteiger partial charge in [0.1, 0.15) is 11.2 Å². The van der Waals surface area contributed by atoms with Crippen molar-refractivity contribution in [2.75, 3.05) is 0 Å². The minimum Gasteiger partial charge on any atom is -0.456 e. The quantitative estimate of drug-likeness (QED) is 0.175. The Labute approximate surface area is 337 Å². The molecule has 0 spiro atoms. The second-order valence-electron chi connectivity index (χ2n) is 14.8. The normalized spacial score (nSPS) is 11.8. The van der Waals surface area contributed by atoms with Crippen molar-refractivity contribution in [3.63, 3.8) is 0 Å². The van der Waals surface area contributed by atoms with Crippen molar-refractivity contribution in [3.8, 4) is 56.4 Å². The van der Waals surface area contributed by atoms with E-state index in [1.165, 1.54) is 42.2 Å². The third kappa shape index (κ3) is 5.40. The molecule has 5 heteroatoms. The van der Waals surface area contributed by atoms with Gasteiger partial charge in [0.15, 0.2) is 17.5 Å². The molecule has 0 aliphatic carbocycles. The highest BCUT2D eigenvalue weighted by Crippen LogP contribution is 2.43. The van der Waals surface area contributed by atoms with E-state index in [4.69, 9.17) is 19.4 Å². The molecular formula is C53H31N3OS. The molecule has 0 aliphatic heterocycles. The summed E-state index contributed by atoms with van der Waals surface area (Å²) in [6, 6.07) is 66.3. The number of aromatic nitrogens is 3. The molecule has 0 amide bonds. The van der Waals surface area contributed by atoms with Crippen LogP contribution in [0.25, 0.3) is 120 Å². The molecule has 0 N–H and O–H groups in total. The number of rotatable bonds is 5. The summed E-state index contributed by atoms with van der Waals surface area (Å²) in [6.07, 6.45) is 0. The van der Waals surface area contributed by atoms with Crippen molar-refractivity contribution in [3.05, 3.63) is 188 Å². The highest BCUT2D eigenvalue weighted by molar-refractivity contribution is 7.26. The second-order valence-corrected chi connectivity index (χ2v) is 15.8. The van der Waals surface area contributed by atoms with E-state index >= 15 is 0 Å². The van der Waals surface area contributed by atoms with Crippen LogP contribution < -0.4 is 0 Å². The number of benzene rings is 9. The molecule has 0 radical (unpaired) electrons. The Morgan fingerprint density at radius 3 is 1.81 bits per heavy atom. The molecule has 12 rings (SSSR count). The topological polar surface area (TPSA) is 51.8 Å². The van der Waals surface area contributed by atoms with Crippen molar-refractivity contribution < 1.29 is 4.42 Å². The molecule has 3 heterocycles. The van der Waals surface area contributed by atoms with Gasteiger partial charge < -0.3 is 4.42 Å². The Morgan fingerprint density at radius 2 is 0.966 bits per heavy atom. The summed E-state index contributed by atoms with van der Waals surface area (Å²) in [5, 5.41) is 9.15. The summed E-state index contributed by atoms with van der Waals surface area (Å²) in [4.78, 5) is 15.6. The molecule has 0 atom stereocenters. The van der Waals surface area contributed by atoms with Crippen molar-refractivity contribution in [1.29, 1.82) is 0 Å². The van der Waals surface area contributed by atoms with Crippen LogP contribution in [0, 0.1) is 0 Å². The van der Waals surface area contributed by atoms with E-state index < -0.39 is 0 Å². The lowest BCUT2D eigenvalue weighted by Crippen LogP contribution is -2.00. The number of hydrogen-bond donors (Lipinski definition) is 0. The van der Waals surface area contributed by atoms with E-state index in [1.807, 2.05) is 29.5 Å². The molecule has 58 heavy (non-hydrogen) atoms. The summed E-state index contributed by atoms with van der Waals surface area (Å²) in [5.41, 5.74) is 9.04. The minimum atomic E-state index is 0.596. The Morgan fingerprint density at radius 1 is 0.345 bits per heavy atom. The lowest BCUT2D eigenvalue weighted by Gasteiger charge is -2.11. The van der Waals surface area contributed by atoms with E-state index in [0.29, 0.717) is 17.5 Å². The van der Waals surface area contributed by atoms with Crippen LogP contribution >= 0.6 is 11.3 Å². The Kier molecular flexibility index (Phi) is 7.37. The van der Waals surface area contributed by atoms with E-state index in [0.717, 1.165) is 60.4 Å². The predicted molar refractivity (Wildman–Crippen MR) is 242 cm³/mol. The Balaban J connectivity index is 1.03. The van der Waals surface area contributed by atoms with E-state index in [1.54, 1.807) is 0 Å². The van der Waals surface area contributed by atoms with Gasteiger partial charge in [0.2, 0.25) is 0 Å². The highest BCUT2D eigenvalue weighted by Gasteiger charge is 2.19. The SMILES string of the molecule is c1ccc(-c2ccc3ccc(-c4nc(-c5ccc6ccccc6c5)nc(-c5cccc6oc7cc(-c8cccc9c8sc8ccccc89)ccc7c56)n4)cc3c2)cc1. The van der Waals surface area contributed by atoms with E-state index in [9.17, 15) is 0 Å². The van der Waals surface area contributed by atoms with Crippen LogP contribution in [0.1, 0.15) is 0 Å². The van der Waals surface area contributed by atoms with Gasteiger partial charge in [0.25, 0.3) is 0 Å². The van der Waals surface area contributed by atoms with Gasteiger partial charge in [-0.25, -0.2) is 15.0 Å². The zero-order valence-corrected chi connectivity index (χ0v) is 31.9. The maximum Gasteiger partial charge on any atom is 0.164 e. The molecule has 4 nitrogen and oxygen atoms in total. The van der Waals surface area contributed by atoms with Gasteiger partial charge in [-0.1, -0.05) is 146 Å². The average molecular weight is 758 g/mol. The smallest absolute Gasteiger partial charge is 0.164 e. The van der Waals surface area contributed by atoms with Crippen molar-refractivity contribution in [2.45, 2.75) is 0 Å². The summed E-state index contributed by atoms with van der Waals surface area (Å²) >= 11 is 1.84. The average Bonchev–Trinajstić information content (AvgIpc) is 3.87. The van der Waals surface area contributed by atoms with Gasteiger partial charge in [0, 0.05) is 47.6 Å². The molecule has 9 aromatic carbocycles. The molecule has 0 saturated heterocycles. The molecular weight excluding hydrogens is 727 g/mol. The van der Waals surface area contributed by atoms with E-state index in [2.05, 4.69) is 170 Å². The zero-order valence-electron chi connectivity index (χ0n) is 31.1. The minimum absolute atomic E-state index is 0.596. The molecule has 3 aromatic heterocycles. The standard InChI is InChI=1S/C53H31N3OS/c1-2-10-32(11-3-1)36-23-20-34-22-25-39(30-40(34)29-36)52-54-51(38-24-21-33-12-4-5-13-35(33)28-38)55-53(56-52)45-17-9-18-46-49(45)44-27-26-37(31-47(44)57-46)41-15-8-16-43-42-14-6-7-19-48(42)58-50(41)43/h1-31H. The maximum absolute atomic E-state index is 6.65. The van der Waals surface area contributed by atoms with Crippen LogP contribution in [0.4, 0.5) is 0 Å². The number of hydrogen-bond acceptors (Lipinski definition) is 5. The summed E-state index contributed by atoms with van der Waals surface area (Å²) in [6.45, 7) is 0. The summed E-state index contributed by atoms with van der Waals surface area (Å²) in [7, 11) is 0. The second kappa shape index (κ2) is 13.1. The zero-order chi connectivity index (χ0) is 38.2. The van der Waals surface area contributed by atoms with Crippen molar-refractivity contribution >= 4 is 75.0 Å². The fourth-order valence-corrected chi connectivity index (χ4v) is 9.67. The fraction of sp³-hybridized carbons (Fsp3) is 0. The monoisotopic (exact) mass is 757 g/mol. The molecule has 270 valence electrons. The number of furan rings is 1. The molecule has 0 unspecified atom stereocenters. The first-order chi connectivity index (χ1) is 28.7. The van der Waals surface area contributed by atoms with Gasteiger partial charge in [0.05, 0.1) is 0 Å². The van der Waals surface area contributed by atoms with Crippen molar-refractivity contribution in [1.82, 2.24) is 15.0 Å². The summed E-state index contributed by atoms with van der Waals surface area (Å²) in [5.74, 6) is 1.83. The highest BCUT2D eigenvalue weighted by atomic mass is 32.1. The van der Waals surface area contributed by atoms with Crippen LogP contribution in [-0.4, -0.2) is 15.0 Å². The van der Waals surface area contributed by atoms with Gasteiger partial charge >= 0.3 is 0 Å². The predicted octanol–water partition coefficient (Wildman–Crippen LogP) is 14.8. The van der Waals surface area contributed by atoms with Crippen LogP contribution in [0.5, 0.6) is 0 Å². The molecule has 0 bridgehead atoms. The lowest BCUT2D eigenvalue weighted by atomic mass is 9.99. The summed E-state index contributed by atoms with van der Waals surface area (Å²) < 4.78 is 9.23.